The molecule has 0 atom stereocenters. The van der Waals surface area contributed by atoms with E-state index in [9.17, 15) is 0 Å². The summed E-state index contributed by atoms with van der Waals surface area (Å²) in [6.07, 6.45) is 5.44. The van der Waals surface area contributed by atoms with Gasteiger partial charge in [-0.25, -0.2) is 0 Å². The van der Waals surface area contributed by atoms with Gasteiger partial charge in [0.15, 0.2) is 0 Å². The van der Waals surface area contributed by atoms with Crippen LogP contribution in [0.3, 0.4) is 0 Å². The van der Waals surface area contributed by atoms with Crippen molar-refractivity contribution in [2.45, 2.75) is 6.92 Å². The van der Waals surface area contributed by atoms with E-state index in [1.54, 1.807) is 6.20 Å². The third kappa shape index (κ3) is 1.21. The molecular formula is C9H9N3. The van der Waals surface area contributed by atoms with Gasteiger partial charge in [0, 0.05) is 18.0 Å². The van der Waals surface area contributed by atoms with Gasteiger partial charge in [-0.15, -0.1) is 0 Å². The molecule has 0 amide bonds. The predicted molar refractivity (Wildman–Crippen MR) is 46.6 cm³/mol. The fourth-order valence-electron chi connectivity index (χ4n) is 1.03. The lowest BCUT2D eigenvalue weighted by Gasteiger charge is -1.95. The molecule has 1 N–H and O–H groups in total. The van der Waals surface area contributed by atoms with Gasteiger partial charge in [-0.3, -0.25) is 10.1 Å². The second-order valence-corrected chi connectivity index (χ2v) is 2.71. The Morgan fingerprint density at radius 3 is 2.75 bits per heavy atom. The number of H-pyrrole nitrogens is 1. The number of aromatic nitrogens is 3. The van der Waals surface area contributed by atoms with Crippen LogP contribution in [0.25, 0.3) is 11.3 Å². The van der Waals surface area contributed by atoms with Crippen molar-refractivity contribution in [3.05, 3.63) is 36.3 Å². The van der Waals surface area contributed by atoms with E-state index in [0.29, 0.717) is 0 Å². The molecule has 2 heterocycles. The van der Waals surface area contributed by atoms with Gasteiger partial charge in [-0.05, 0) is 18.6 Å². The lowest BCUT2D eigenvalue weighted by Crippen LogP contribution is -1.80. The molecule has 0 unspecified atom stereocenters. The lowest BCUT2D eigenvalue weighted by molar-refractivity contribution is 1.09. The molecule has 0 aliphatic heterocycles. The molecule has 12 heavy (non-hydrogen) atoms. The van der Waals surface area contributed by atoms with E-state index in [0.717, 1.165) is 11.3 Å². The van der Waals surface area contributed by atoms with E-state index in [-0.39, 0.29) is 0 Å². The normalized spacial score (nSPS) is 10.1. The van der Waals surface area contributed by atoms with Crippen molar-refractivity contribution in [3.63, 3.8) is 0 Å². The SMILES string of the molecule is Cc1ccc(-c2cn[nH]c2)nc1. The van der Waals surface area contributed by atoms with E-state index in [4.69, 9.17) is 0 Å². The van der Waals surface area contributed by atoms with Gasteiger partial charge in [0.25, 0.3) is 0 Å². The third-order valence-electron chi connectivity index (χ3n) is 1.71. The fourth-order valence-corrected chi connectivity index (χ4v) is 1.03. The van der Waals surface area contributed by atoms with E-state index in [2.05, 4.69) is 15.2 Å². The summed E-state index contributed by atoms with van der Waals surface area (Å²) in [5.74, 6) is 0. The molecule has 0 aliphatic rings. The van der Waals surface area contributed by atoms with E-state index < -0.39 is 0 Å². The summed E-state index contributed by atoms with van der Waals surface area (Å²) in [5.41, 5.74) is 3.14. The van der Waals surface area contributed by atoms with Crippen LogP contribution < -0.4 is 0 Å². The minimum atomic E-state index is 0.953. The molecule has 3 nitrogen and oxygen atoms in total. The van der Waals surface area contributed by atoms with Crippen molar-refractivity contribution in [2.24, 2.45) is 0 Å². The van der Waals surface area contributed by atoms with Gasteiger partial charge in [-0.1, -0.05) is 6.07 Å². The van der Waals surface area contributed by atoms with Crippen molar-refractivity contribution in [3.8, 4) is 11.3 Å². The van der Waals surface area contributed by atoms with E-state index >= 15 is 0 Å². The van der Waals surface area contributed by atoms with Gasteiger partial charge >= 0.3 is 0 Å². The molecule has 0 radical (unpaired) electrons. The summed E-state index contributed by atoms with van der Waals surface area (Å²) in [6, 6.07) is 4.02. The zero-order chi connectivity index (χ0) is 8.39. The molecule has 3 heteroatoms. The van der Waals surface area contributed by atoms with Gasteiger partial charge in [-0.2, -0.15) is 5.10 Å². The molecule has 0 saturated carbocycles. The lowest BCUT2D eigenvalue weighted by atomic mass is 10.2. The Kier molecular flexibility index (Phi) is 1.63. The fraction of sp³-hybridized carbons (Fsp3) is 0.111. The molecule has 2 aromatic rings. The second-order valence-electron chi connectivity index (χ2n) is 2.71. The van der Waals surface area contributed by atoms with Crippen LogP contribution in [0.15, 0.2) is 30.7 Å². The number of hydrogen-bond acceptors (Lipinski definition) is 2. The van der Waals surface area contributed by atoms with E-state index in [1.165, 1.54) is 5.56 Å². The average molecular weight is 159 g/mol. The second kappa shape index (κ2) is 2.77. The van der Waals surface area contributed by atoms with Crippen LogP contribution >= 0.6 is 0 Å². The van der Waals surface area contributed by atoms with E-state index in [1.807, 2.05) is 31.5 Å². The maximum Gasteiger partial charge on any atom is 0.0733 e. The highest BCUT2D eigenvalue weighted by molar-refractivity contribution is 5.56. The zero-order valence-electron chi connectivity index (χ0n) is 6.78. The maximum atomic E-state index is 4.26. The van der Waals surface area contributed by atoms with Crippen molar-refractivity contribution in [1.82, 2.24) is 15.2 Å². The highest BCUT2D eigenvalue weighted by Crippen LogP contribution is 2.13. The molecule has 0 aliphatic carbocycles. The molecule has 60 valence electrons. The van der Waals surface area contributed by atoms with Crippen LogP contribution in [0.5, 0.6) is 0 Å². The zero-order valence-corrected chi connectivity index (χ0v) is 6.78. The quantitative estimate of drug-likeness (QED) is 0.689. The maximum absolute atomic E-state index is 4.26. The van der Waals surface area contributed by atoms with Crippen LogP contribution in [0, 0.1) is 6.92 Å². The Balaban J connectivity index is 2.43. The minimum Gasteiger partial charge on any atom is -0.285 e. The number of nitrogens with one attached hydrogen (secondary N) is 1. The average Bonchev–Trinajstić information content (AvgIpc) is 2.58. The molecule has 0 bridgehead atoms. The molecule has 0 fully saturated rings. The molecule has 0 spiro atoms. The number of nitrogens with zero attached hydrogens (tertiary/aromatic N) is 2. The molecular weight excluding hydrogens is 150 g/mol. The Morgan fingerprint density at radius 1 is 1.25 bits per heavy atom. The Labute approximate surface area is 70.5 Å². The van der Waals surface area contributed by atoms with Crippen molar-refractivity contribution in [2.75, 3.05) is 0 Å². The first kappa shape index (κ1) is 7.03. The minimum absolute atomic E-state index is 0.953. The summed E-state index contributed by atoms with van der Waals surface area (Å²) in [7, 11) is 0. The smallest absolute Gasteiger partial charge is 0.0733 e. The summed E-state index contributed by atoms with van der Waals surface area (Å²) in [6.45, 7) is 2.02. The molecule has 0 saturated heterocycles. The van der Waals surface area contributed by atoms with Crippen molar-refractivity contribution < 1.29 is 0 Å². The predicted octanol–water partition coefficient (Wildman–Crippen LogP) is 1.78. The van der Waals surface area contributed by atoms with Crippen molar-refractivity contribution >= 4 is 0 Å². The topological polar surface area (TPSA) is 41.6 Å². The van der Waals surface area contributed by atoms with Gasteiger partial charge in [0.1, 0.15) is 0 Å². The number of rotatable bonds is 1. The summed E-state index contributed by atoms with van der Waals surface area (Å²) < 4.78 is 0. The summed E-state index contributed by atoms with van der Waals surface area (Å²) in [5, 5.41) is 6.61. The Morgan fingerprint density at radius 2 is 2.17 bits per heavy atom. The van der Waals surface area contributed by atoms with Crippen LogP contribution in [0.2, 0.25) is 0 Å². The highest BCUT2D eigenvalue weighted by atomic mass is 15.1. The monoisotopic (exact) mass is 159 g/mol. The first-order valence-electron chi connectivity index (χ1n) is 3.78. The van der Waals surface area contributed by atoms with Crippen LogP contribution in [0.4, 0.5) is 0 Å². The Hall–Kier alpha value is -1.64. The van der Waals surface area contributed by atoms with Gasteiger partial charge < -0.3 is 0 Å². The van der Waals surface area contributed by atoms with Crippen LogP contribution in [-0.2, 0) is 0 Å². The number of hydrogen-bond donors (Lipinski definition) is 1. The summed E-state index contributed by atoms with van der Waals surface area (Å²) in [4.78, 5) is 4.26. The number of aromatic amines is 1. The molecule has 0 aromatic carbocycles. The summed E-state index contributed by atoms with van der Waals surface area (Å²) >= 11 is 0. The number of pyridine rings is 1. The number of aryl methyl sites for hydroxylation is 1. The Bertz CT molecular complexity index is 348. The largest absolute Gasteiger partial charge is 0.285 e. The van der Waals surface area contributed by atoms with Crippen LogP contribution in [0.1, 0.15) is 5.56 Å². The molecule has 2 aromatic heterocycles. The third-order valence-corrected chi connectivity index (χ3v) is 1.71. The van der Waals surface area contributed by atoms with Crippen molar-refractivity contribution in [1.29, 1.82) is 0 Å². The molecule has 2 rings (SSSR count). The van der Waals surface area contributed by atoms with Crippen LogP contribution in [-0.4, -0.2) is 15.2 Å². The van der Waals surface area contributed by atoms with Gasteiger partial charge in [0.05, 0.1) is 11.9 Å². The van der Waals surface area contributed by atoms with Gasteiger partial charge in [0.2, 0.25) is 0 Å². The highest BCUT2D eigenvalue weighted by Gasteiger charge is 1.97. The first-order valence-corrected chi connectivity index (χ1v) is 3.78. The first-order chi connectivity index (χ1) is 5.86. The standard InChI is InChI=1S/C9H9N3/c1-7-2-3-9(10-4-7)8-5-11-12-6-8/h2-6H,1H3,(H,11,12).